The van der Waals surface area contributed by atoms with Crippen molar-refractivity contribution in [1.29, 1.82) is 0 Å². The van der Waals surface area contributed by atoms with Crippen LogP contribution in [0, 0.1) is 6.92 Å². The summed E-state index contributed by atoms with van der Waals surface area (Å²) in [5.41, 5.74) is 1.19. The van der Waals surface area contributed by atoms with E-state index >= 15 is 0 Å². The van der Waals surface area contributed by atoms with Gasteiger partial charge in [0.05, 0.1) is 11.4 Å². The lowest BCUT2D eigenvalue weighted by Crippen LogP contribution is -2.41. The summed E-state index contributed by atoms with van der Waals surface area (Å²) in [7, 11) is 0. The average molecular weight is 351 g/mol. The molecular formula is C17H23ClN4O2. The van der Waals surface area contributed by atoms with Gasteiger partial charge in [-0.2, -0.15) is 0 Å². The zero-order valence-electron chi connectivity index (χ0n) is 14.5. The third-order valence-electron chi connectivity index (χ3n) is 3.39. The molecule has 2 heterocycles. The molecule has 2 aromatic heterocycles. The second kappa shape index (κ2) is 7.21. The minimum Gasteiger partial charge on any atom is -0.444 e. The first-order valence-corrected chi connectivity index (χ1v) is 8.15. The molecule has 6 nitrogen and oxygen atoms in total. The number of nitrogens with one attached hydrogen (secondary N) is 1. The van der Waals surface area contributed by atoms with Crippen molar-refractivity contribution in [3.63, 3.8) is 0 Å². The minimum atomic E-state index is -0.541. The molecule has 2 rings (SSSR count). The first kappa shape index (κ1) is 18.3. The number of rotatable bonds is 5. The molecule has 0 aliphatic carbocycles. The molecule has 0 unspecified atom stereocenters. The van der Waals surface area contributed by atoms with Crippen LogP contribution in [0.4, 0.5) is 4.79 Å². The number of aromatic nitrogens is 3. The number of alkyl carbamates (subject to hydrolysis) is 1. The lowest BCUT2D eigenvalue weighted by atomic mass is 10.2. The summed E-state index contributed by atoms with van der Waals surface area (Å²) >= 11 is 6.16. The maximum atomic E-state index is 12.0. The molecule has 0 aliphatic rings. The van der Waals surface area contributed by atoms with Crippen LogP contribution in [0.2, 0.25) is 5.15 Å². The van der Waals surface area contributed by atoms with Crippen molar-refractivity contribution in [3.05, 3.63) is 35.9 Å². The SMILES string of the molecule is C=CC[C@@H](Cn1cc(C)c2c(Cl)ncnc21)NC(=O)OC(C)(C)C. The average Bonchev–Trinajstić information content (AvgIpc) is 2.74. The van der Waals surface area contributed by atoms with Crippen LogP contribution in [-0.2, 0) is 11.3 Å². The van der Waals surface area contributed by atoms with Gasteiger partial charge in [-0.05, 0) is 39.7 Å². The monoisotopic (exact) mass is 350 g/mol. The number of carbonyl (C=O) groups excluding carboxylic acids is 1. The number of hydrogen-bond donors (Lipinski definition) is 1. The summed E-state index contributed by atoms with van der Waals surface area (Å²) < 4.78 is 7.29. The van der Waals surface area contributed by atoms with E-state index in [1.807, 2.05) is 38.5 Å². The van der Waals surface area contributed by atoms with Gasteiger partial charge < -0.3 is 14.6 Å². The number of aryl methyl sites for hydroxylation is 1. The van der Waals surface area contributed by atoms with Gasteiger partial charge in [-0.1, -0.05) is 17.7 Å². The molecular weight excluding hydrogens is 328 g/mol. The third-order valence-corrected chi connectivity index (χ3v) is 3.67. The number of ether oxygens (including phenoxy) is 1. The summed E-state index contributed by atoms with van der Waals surface area (Å²) in [5.74, 6) is 0. The Labute approximate surface area is 146 Å². The number of amides is 1. The Morgan fingerprint density at radius 2 is 2.21 bits per heavy atom. The fourth-order valence-electron chi connectivity index (χ4n) is 2.50. The van der Waals surface area contributed by atoms with Gasteiger partial charge in [-0.15, -0.1) is 6.58 Å². The topological polar surface area (TPSA) is 69.0 Å². The Kier molecular flexibility index (Phi) is 5.49. The van der Waals surface area contributed by atoms with Crippen LogP contribution in [-0.4, -0.2) is 32.3 Å². The molecule has 1 amide bonds. The molecule has 0 saturated heterocycles. The van der Waals surface area contributed by atoms with Crippen LogP contribution in [0.5, 0.6) is 0 Å². The van der Waals surface area contributed by atoms with Crippen LogP contribution < -0.4 is 5.32 Å². The molecule has 0 saturated carbocycles. The fourth-order valence-corrected chi connectivity index (χ4v) is 2.78. The van der Waals surface area contributed by atoms with E-state index < -0.39 is 11.7 Å². The number of nitrogens with zero attached hydrogens (tertiary/aromatic N) is 3. The lowest BCUT2D eigenvalue weighted by molar-refractivity contribution is 0.0500. The number of halogens is 1. The molecule has 130 valence electrons. The maximum absolute atomic E-state index is 12.0. The molecule has 1 N–H and O–H groups in total. The summed E-state index contributed by atoms with van der Waals surface area (Å²) in [5, 5.41) is 4.14. The Morgan fingerprint density at radius 1 is 1.50 bits per heavy atom. The molecule has 0 fully saturated rings. The van der Waals surface area contributed by atoms with E-state index in [-0.39, 0.29) is 6.04 Å². The van der Waals surface area contributed by atoms with E-state index in [0.717, 1.165) is 16.6 Å². The van der Waals surface area contributed by atoms with Gasteiger partial charge in [0.1, 0.15) is 22.7 Å². The van der Waals surface area contributed by atoms with Crippen molar-refractivity contribution in [3.8, 4) is 0 Å². The molecule has 2 aromatic rings. The molecule has 0 radical (unpaired) electrons. The Balaban J connectivity index is 2.21. The van der Waals surface area contributed by atoms with Crippen LogP contribution in [0.3, 0.4) is 0 Å². The van der Waals surface area contributed by atoms with Crippen molar-refractivity contribution >= 4 is 28.7 Å². The summed E-state index contributed by atoms with van der Waals surface area (Å²) in [6.45, 7) is 11.7. The Bertz CT molecular complexity index is 749. The molecule has 24 heavy (non-hydrogen) atoms. The molecule has 7 heteroatoms. The van der Waals surface area contributed by atoms with Gasteiger partial charge in [-0.25, -0.2) is 14.8 Å². The summed E-state index contributed by atoms with van der Waals surface area (Å²) in [6.07, 6.45) is 5.32. The van der Waals surface area contributed by atoms with Gasteiger partial charge >= 0.3 is 6.09 Å². The Hall–Kier alpha value is -2.08. The zero-order valence-corrected chi connectivity index (χ0v) is 15.2. The highest BCUT2D eigenvalue weighted by Gasteiger charge is 2.20. The normalized spacial score (nSPS) is 12.9. The predicted molar refractivity (Wildman–Crippen MR) is 95.2 cm³/mol. The highest BCUT2D eigenvalue weighted by Crippen LogP contribution is 2.25. The molecule has 1 atom stereocenters. The van der Waals surface area contributed by atoms with E-state index in [9.17, 15) is 4.79 Å². The molecule has 0 aromatic carbocycles. The Morgan fingerprint density at radius 3 is 2.83 bits per heavy atom. The van der Waals surface area contributed by atoms with Gasteiger partial charge in [0.25, 0.3) is 0 Å². The van der Waals surface area contributed by atoms with E-state index in [2.05, 4.69) is 21.9 Å². The lowest BCUT2D eigenvalue weighted by Gasteiger charge is -2.23. The van der Waals surface area contributed by atoms with Crippen molar-refractivity contribution < 1.29 is 9.53 Å². The maximum Gasteiger partial charge on any atom is 0.407 e. The number of fused-ring (bicyclic) bond motifs is 1. The first-order chi connectivity index (χ1) is 11.2. The van der Waals surface area contributed by atoms with Crippen molar-refractivity contribution in [2.75, 3.05) is 0 Å². The second-order valence-electron chi connectivity index (χ2n) is 6.70. The minimum absolute atomic E-state index is 0.166. The van der Waals surface area contributed by atoms with E-state index in [1.54, 1.807) is 6.08 Å². The first-order valence-electron chi connectivity index (χ1n) is 7.77. The third kappa shape index (κ3) is 4.47. The quantitative estimate of drug-likeness (QED) is 0.656. The van der Waals surface area contributed by atoms with Gasteiger partial charge in [0.15, 0.2) is 0 Å². The molecule has 0 spiro atoms. The summed E-state index contributed by atoms with van der Waals surface area (Å²) in [6, 6.07) is -0.166. The molecule has 0 bridgehead atoms. The largest absolute Gasteiger partial charge is 0.444 e. The summed E-state index contributed by atoms with van der Waals surface area (Å²) in [4.78, 5) is 20.4. The fraction of sp³-hybridized carbons (Fsp3) is 0.471. The highest BCUT2D eigenvalue weighted by molar-refractivity contribution is 6.34. The zero-order chi connectivity index (χ0) is 17.9. The molecule has 0 aliphatic heterocycles. The van der Waals surface area contributed by atoms with Gasteiger partial charge in [0, 0.05) is 12.7 Å². The van der Waals surface area contributed by atoms with Gasteiger partial charge in [0.2, 0.25) is 0 Å². The van der Waals surface area contributed by atoms with Crippen molar-refractivity contribution in [1.82, 2.24) is 19.9 Å². The number of carbonyl (C=O) groups is 1. The number of hydrogen-bond acceptors (Lipinski definition) is 4. The second-order valence-corrected chi connectivity index (χ2v) is 7.05. The van der Waals surface area contributed by atoms with E-state index in [1.165, 1.54) is 6.33 Å². The van der Waals surface area contributed by atoms with Crippen LogP contribution in [0.25, 0.3) is 11.0 Å². The van der Waals surface area contributed by atoms with E-state index in [4.69, 9.17) is 16.3 Å². The predicted octanol–water partition coefficient (Wildman–Crippen LogP) is 3.86. The van der Waals surface area contributed by atoms with E-state index in [0.29, 0.717) is 18.1 Å². The van der Waals surface area contributed by atoms with Gasteiger partial charge in [-0.3, -0.25) is 0 Å². The standard InChI is InChI=1S/C17H23ClN4O2/c1-6-7-12(21-16(23)24-17(3,4)5)9-22-8-11(2)13-14(18)19-10-20-15(13)22/h6,8,10,12H,1,7,9H2,2-5H3,(H,21,23)/t12-/m0/s1. The van der Waals surface area contributed by atoms with Crippen molar-refractivity contribution in [2.24, 2.45) is 0 Å². The van der Waals surface area contributed by atoms with Crippen LogP contribution in [0.15, 0.2) is 25.2 Å². The van der Waals surface area contributed by atoms with Crippen LogP contribution >= 0.6 is 11.6 Å². The smallest absolute Gasteiger partial charge is 0.407 e. The van der Waals surface area contributed by atoms with Crippen LogP contribution in [0.1, 0.15) is 32.8 Å². The van der Waals surface area contributed by atoms with Crippen molar-refractivity contribution in [2.45, 2.75) is 52.3 Å². The highest BCUT2D eigenvalue weighted by atomic mass is 35.5.